The largest absolute Gasteiger partial charge is 0.481 e. The fourth-order valence-electron chi connectivity index (χ4n) is 1.52. The number of rotatable bonds is 3. The SMILES string of the molecule is CC(CC1CCNC1)C(=O)O.Cl. The van der Waals surface area contributed by atoms with Crippen molar-refractivity contribution >= 4 is 18.4 Å². The zero-order valence-electron chi connectivity index (χ0n) is 7.25. The topological polar surface area (TPSA) is 49.3 Å². The van der Waals surface area contributed by atoms with Gasteiger partial charge in [-0.15, -0.1) is 12.4 Å². The first-order valence-corrected chi connectivity index (χ1v) is 4.13. The molecule has 12 heavy (non-hydrogen) atoms. The van der Waals surface area contributed by atoms with E-state index >= 15 is 0 Å². The molecule has 2 N–H and O–H groups in total. The molecule has 0 aromatic heterocycles. The average Bonchev–Trinajstić information content (AvgIpc) is 2.39. The van der Waals surface area contributed by atoms with E-state index in [4.69, 9.17) is 5.11 Å². The first kappa shape index (κ1) is 11.7. The molecule has 0 spiro atoms. The van der Waals surface area contributed by atoms with Crippen molar-refractivity contribution in [1.82, 2.24) is 5.32 Å². The fourth-order valence-corrected chi connectivity index (χ4v) is 1.52. The van der Waals surface area contributed by atoms with E-state index in [0.29, 0.717) is 5.92 Å². The summed E-state index contributed by atoms with van der Waals surface area (Å²) in [4.78, 5) is 10.5. The van der Waals surface area contributed by atoms with E-state index in [9.17, 15) is 4.79 Å². The third-order valence-corrected chi connectivity index (χ3v) is 2.27. The quantitative estimate of drug-likeness (QED) is 0.707. The van der Waals surface area contributed by atoms with Crippen LogP contribution in [0.2, 0.25) is 0 Å². The maximum absolute atomic E-state index is 10.5. The summed E-state index contributed by atoms with van der Waals surface area (Å²) in [7, 11) is 0. The molecule has 0 aliphatic carbocycles. The molecular formula is C8H16ClNO2. The highest BCUT2D eigenvalue weighted by Crippen LogP contribution is 2.17. The van der Waals surface area contributed by atoms with Crippen molar-refractivity contribution in [2.75, 3.05) is 13.1 Å². The molecule has 4 heteroatoms. The van der Waals surface area contributed by atoms with Crippen LogP contribution in [0.25, 0.3) is 0 Å². The molecule has 72 valence electrons. The van der Waals surface area contributed by atoms with E-state index in [2.05, 4.69) is 5.32 Å². The van der Waals surface area contributed by atoms with Crippen LogP contribution in [0.3, 0.4) is 0 Å². The first-order chi connectivity index (χ1) is 5.20. The van der Waals surface area contributed by atoms with Crippen molar-refractivity contribution in [3.05, 3.63) is 0 Å². The molecule has 1 heterocycles. The normalized spacial score (nSPS) is 24.6. The van der Waals surface area contributed by atoms with Crippen LogP contribution >= 0.6 is 12.4 Å². The van der Waals surface area contributed by atoms with Crippen LogP contribution in [0.4, 0.5) is 0 Å². The second-order valence-electron chi connectivity index (χ2n) is 3.33. The summed E-state index contributed by atoms with van der Waals surface area (Å²) >= 11 is 0. The van der Waals surface area contributed by atoms with Gasteiger partial charge in [0, 0.05) is 0 Å². The van der Waals surface area contributed by atoms with Crippen molar-refractivity contribution in [3.8, 4) is 0 Å². The molecule has 0 saturated carbocycles. The highest BCUT2D eigenvalue weighted by molar-refractivity contribution is 5.85. The molecule has 1 aliphatic rings. The average molecular weight is 194 g/mol. The fraction of sp³-hybridized carbons (Fsp3) is 0.875. The van der Waals surface area contributed by atoms with Gasteiger partial charge in [0.25, 0.3) is 0 Å². The van der Waals surface area contributed by atoms with Gasteiger partial charge in [-0.3, -0.25) is 4.79 Å². The van der Waals surface area contributed by atoms with Gasteiger partial charge in [0.1, 0.15) is 0 Å². The van der Waals surface area contributed by atoms with Crippen LogP contribution < -0.4 is 5.32 Å². The van der Waals surface area contributed by atoms with E-state index in [1.807, 2.05) is 0 Å². The number of carboxylic acids is 1. The molecule has 0 radical (unpaired) electrons. The Hall–Kier alpha value is -0.280. The van der Waals surface area contributed by atoms with E-state index < -0.39 is 5.97 Å². The van der Waals surface area contributed by atoms with E-state index in [1.165, 1.54) is 0 Å². The number of aliphatic carboxylic acids is 1. The number of hydrogen-bond acceptors (Lipinski definition) is 2. The number of halogens is 1. The Kier molecular flexibility index (Phi) is 5.25. The van der Waals surface area contributed by atoms with E-state index in [-0.39, 0.29) is 18.3 Å². The molecule has 0 bridgehead atoms. The smallest absolute Gasteiger partial charge is 0.306 e. The molecule has 1 rings (SSSR count). The molecule has 0 aromatic rings. The lowest BCUT2D eigenvalue weighted by atomic mass is 9.95. The van der Waals surface area contributed by atoms with Crippen molar-refractivity contribution in [2.45, 2.75) is 19.8 Å². The number of carbonyl (C=O) groups is 1. The van der Waals surface area contributed by atoms with Gasteiger partial charge in [0.05, 0.1) is 5.92 Å². The summed E-state index contributed by atoms with van der Waals surface area (Å²) in [5.41, 5.74) is 0. The Labute approximate surface area is 78.9 Å². The second-order valence-corrected chi connectivity index (χ2v) is 3.33. The molecule has 2 unspecified atom stereocenters. The van der Waals surface area contributed by atoms with Crippen LogP contribution in [-0.4, -0.2) is 24.2 Å². The number of hydrogen-bond donors (Lipinski definition) is 2. The van der Waals surface area contributed by atoms with Crippen LogP contribution in [-0.2, 0) is 4.79 Å². The van der Waals surface area contributed by atoms with Gasteiger partial charge in [-0.05, 0) is 31.8 Å². The minimum absolute atomic E-state index is 0. The lowest BCUT2D eigenvalue weighted by Gasteiger charge is -2.10. The van der Waals surface area contributed by atoms with Gasteiger partial charge in [0.15, 0.2) is 0 Å². The lowest BCUT2D eigenvalue weighted by Crippen LogP contribution is -2.16. The second kappa shape index (κ2) is 5.38. The molecule has 1 fully saturated rings. The van der Waals surface area contributed by atoms with Crippen molar-refractivity contribution in [2.24, 2.45) is 11.8 Å². The molecule has 1 saturated heterocycles. The highest BCUT2D eigenvalue weighted by atomic mass is 35.5. The predicted octanol–water partition coefficient (Wildman–Crippen LogP) is 1.13. The predicted molar refractivity (Wildman–Crippen MR) is 49.6 cm³/mol. The molecule has 3 nitrogen and oxygen atoms in total. The molecule has 0 aromatic carbocycles. The Morgan fingerprint density at radius 3 is 2.83 bits per heavy atom. The summed E-state index contributed by atoms with van der Waals surface area (Å²) in [6.45, 7) is 3.83. The zero-order valence-corrected chi connectivity index (χ0v) is 8.06. The van der Waals surface area contributed by atoms with E-state index in [1.54, 1.807) is 6.92 Å². The van der Waals surface area contributed by atoms with Gasteiger partial charge in [0.2, 0.25) is 0 Å². The molecule has 2 atom stereocenters. The summed E-state index contributed by atoms with van der Waals surface area (Å²) in [6, 6.07) is 0. The molecule has 1 aliphatic heterocycles. The number of carboxylic acid groups (broad SMARTS) is 1. The standard InChI is InChI=1S/C8H15NO2.ClH/c1-6(8(10)11)4-7-2-3-9-5-7;/h6-7,9H,2-5H2,1H3,(H,10,11);1H. The van der Waals surface area contributed by atoms with Crippen LogP contribution in [0.15, 0.2) is 0 Å². The minimum atomic E-state index is -0.670. The Morgan fingerprint density at radius 2 is 2.42 bits per heavy atom. The highest BCUT2D eigenvalue weighted by Gasteiger charge is 2.20. The Bertz CT molecular complexity index is 146. The number of nitrogens with one attached hydrogen (secondary N) is 1. The third kappa shape index (κ3) is 3.41. The first-order valence-electron chi connectivity index (χ1n) is 4.13. The maximum atomic E-state index is 10.5. The summed E-state index contributed by atoms with van der Waals surface area (Å²) in [5, 5.41) is 11.8. The summed E-state index contributed by atoms with van der Waals surface area (Å²) in [5.74, 6) is -0.266. The monoisotopic (exact) mass is 193 g/mol. The zero-order chi connectivity index (χ0) is 8.27. The van der Waals surface area contributed by atoms with Crippen molar-refractivity contribution in [3.63, 3.8) is 0 Å². The molecular weight excluding hydrogens is 178 g/mol. The summed E-state index contributed by atoms with van der Waals surface area (Å²) in [6.07, 6.45) is 1.96. The van der Waals surface area contributed by atoms with Gasteiger partial charge in [-0.1, -0.05) is 6.92 Å². The Balaban J connectivity index is 0.00000121. The van der Waals surface area contributed by atoms with Gasteiger partial charge < -0.3 is 10.4 Å². The van der Waals surface area contributed by atoms with E-state index in [0.717, 1.165) is 25.9 Å². The van der Waals surface area contributed by atoms with Gasteiger partial charge in [-0.2, -0.15) is 0 Å². The van der Waals surface area contributed by atoms with Crippen molar-refractivity contribution in [1.29, 1.82) is 0 Å². The lowest BCUT2D eigenvalue weighted by molar-refractivity contribution is -0.141. The van der Waals surface area contributed by atoms with Gasteiger partial charge in [-0.25, -0.2) is 0 Å². The maximum Gasteiger partial charge on any atom is 0.306 e. The minimum Gasteiger partial charge on any atom is -0.481 e. The van der Waals surface area contributed by atoms with Crippen LogP contribution in [0.1, 0.15) is 19.8 Å². The van der Waals surface area contributed by atoms with Crippen LogP contribution in [0.5, 0.6) is 0 Å². The van der Waals surface area contributed by atoms with Crippen molar-refractivity contribution < 1.29 is 9.90 Å². The Morgan fingerprint density at radius 1 is 1.75 bits per heavy atom. The van der Waals surface area contributed by atoms with Gasteiger partial charge >= 0.3 is 5.97 Å². The van der Waals surface area contributed by atoms with Crippen LogP contribution in [0, 0.1) is 11.8 Å². The summed E-state index contributed by atoms with van der Waals surface area (Å²) < 4.78 is 0. The third-order valence-electron chi connectivity index (χ3n) is 2.27. The molecule has 0 amide bonds.